The van der Waals surface area contributed by atoms with Gasteiger partial charge in [0.15, 0.2) is 0 Å². The molecule has 0 heterocycles. The summed E-state index contributed by atoms with van der Waals surface area (Å²) in [4.78, 5) is 0. The molecule has 0 saturated heterocycles. The molecule has 0 aliphatic heterocycles. The molecule has 0 aliphatic rings. The van der Waals surface area contributed by atoms with Crippen LogP contribution in [0.1, 0.15) is 34.1 Å². The summed E-state index contributed by atoms with van der Waals surface area (Å²) in [5, 5.41) is 9.48. The topological polar surface area (TPSA) is 46.2 Å². The Morgan fingerprint density at radius 1 is 1.40 bits per heavy atom. The standard InChI is InChI=1S/C8H19NO/c1-6(9)5-7(10)8(2,3)4/h6-7,10H,5,9H2,1-4H3/t6-,7+/m1/s1. The van der Waals surface area contributed by atoms with Crippen molar-refractivity contribution in [2.75, 3.05) is 0 Å². The van der Waals surface area contributed by atoms with Gasteiger partial charge in [-0.1, -0.05) is 20.8 Å². The zero-order valence-corrected chi connectivity index (χ0v) is 7.39. The molecule has 0 saturated carbocycles. The van der Waals surface area contributed by atoms with Crippen molar-refractivity contribution in [1.82, 2.24) is 0 Å². The van der Waals surface area contributed by atoms with Crippen molar-refractivity contribution in [3.63, 3.8) is 0 Å². The molecule has 0 aromatic rings. The lowest BCUT2D eigenvalue weighted by Crippen LogP contribution is -2.32. The van der Waals surface area contributed by atoms with Crippen molar-refractivity contribution in [2.45, 2.75) is 46.3 Å². The lowest BCUT2D eigenvalue weighted by molar-refractivity contribution is 0.0512. The monoisotopic (exact) mass is 145 g/mol. The zero-order chi connectivity index (χ0) is 8.36. The smallest absolute Gasteiger partial charge is 0.0603 e. The summed E-state index contributed by atoms with van der Waals surface area (Å²) in [5.41, 5.74) is 5.50. The maximum absolute atomic E-state index is 9.48. The molecule has 62 valence electrons. The minimum absolute atomic E-state index is 0.0341. The van der Waals surface area contributed by atoms with Crippen molar-refractivity contribution in [1.29, 1.82) is 0 Å². The molecule has 0 aliphatic carbocycles. The van der Waals surface area contributed by atoms with E-state index in [1.807, 2.05) is 27.7 Å². The minimum atomic E-state index is -0.285. The lowest BCUT2D eigenvalue weighted by atomic mass is 9.86. The van der Waals surface area contributed by atoms with Crippen LogP contribution in [0.4, 0.5) is 0 Å². The summed E-state index contributed by atoms with van der Waals surface area (Å²) < 4.78 is 0. The van der Waals surface area contributed by atoms with Crippen LogP contribution >= 0.6 is 0 Å². The number of rotatable bonds is 2. The van der Waals surface area contributed by atoms with Crippen molar-refractivity contribution >= 4 is 0 Å². The minimum Gasteiger partial charge on any atom is -0.393 e. The maximum atomic E-state index is 9.48. The van der Waals surface area contributed by atoms with E-state index < -0.39 is 0 Å². The highest BCUT2D eigenvalue weighted by Gasteiger charge is 2.22. The molecule has 0 bridgehead atoms. The summed E-state index contributed by atoms with van der Waals surface area (Å²) in [6, 6.07) is 0.0919. The Balaban J connectivity index is 3.73. The van der Waals surface area contributed by atoms with E-state index in [4.69, 9.17) is 5.73 Å². The number of aliphatic hydroxyl groups excluding tert-OH is 1. The van der Waals surface area contributed by atoms with Gasteiger partial charge in [0, 0.05) is 6.04 Å². The molecule has 0 fully saturated rings. The van der Waals surface area contributed by atoms with E-state index >= 15 is 0 Å². The molecule has 0 aromatic carbocycles. The van der Waals surface area contributed by atoms with Crippen LogP contribution in [0.2, 0.25) is 0 Å². The van der Waals surface area contributed by atoms with Crippen LogP contribution in [0, 0.1) is 5.41 Å². The number of nitrogens with two attached hydrogens (primary N) is 1. The Morgan fingerprint density at radius 3 is 1.90 bits per heavy atom. The number of hydrogen-bond donors (Lipinski definition) is 2. The predicted molar refractivity (Wildman–Crippen MR) is 43.7 cm³/mol. The average Bonchev–Trinajstić information content (AvgIpc) is 1.60. The van der Waals surface area contributed by atoms with Crippen molar-refractivity contribution in [3.8, 4) is 0 Å². The quantitative estimate of drug-likeness (QED) is 0.612. The van der Waals surface area contributed by atoms with E-state index in [1.165, 1.54) is 0 Å². The summed E-state index contributed by atoms with van der Waals surface area (Å²) >= 11 is 0. The summed E-state index contributed by atoms with van der Waals surface area (Å²) in [7, 11) is 0. The lowest BCUT2D eigenvalue weighted by Gasteiger charge is -2.26. The molecule has 10 heavy (non-hydrogen) atoms. The van der Waals surface area contributed by atoms with E-state index in [-0.39, 0.29) is 17.6 Å². The Kier molecular flexibility index (Phi) is 3.33. The van der Waals surface area contributed by atoms with E-state index in [9.17, 15) is 5.11 Å². The molecule has 2 nitrogen and oxygen atoms in total. The van der Waals surface area contributed by atoms with Crippen molar-refractivity contribution in [2.24, 2.45) is 11.1 Å². The summed E-state index contributed by atoms with van der Waals surface area (Å²) in [5.74, 6) is 0. The molecule has 2 atom stereocenters. The Hall–Kier alpha value is -0.0800. The Labute approximate surface area is 63.4 Å². The molecular formula is C8H19NO. The van der Waals surface area contributed by atoms with Crippen LogP contribution in [0.25, 0.3) is 0 Å². The molecule has 0 spiro atoms. The van der Waals surface area contributed by atoms with Gasteiger partial charge in [-0.3, -0.25) is 0 Å². The van der Waals surface area contributed by atoms with E-state index in [1.54, 1.807) is 0 Å². The normalized spacial score (nSPS) is 18.6. The van der Waals surface area contributed by atoms with Gasteiger partial charge < -0.3 is 10.8 Å². The summed E-state index contributed by atoms with van der Waals surface area (Å²) in [6.07, 6.45) is 0.399. The van der Waals surface area contributed by atoms with Gasteiger partial charge in [-0.2, -0.15) is 0 Å². The molecule has 0 aromatic heterocycles. The van der Waals surface area contributed by atoms with Gasteiger partial charge in [-0.15, -0.1) is 0 Å². The first-order valence-electron chi connectivity index (χ1n) is 3.77. The fraction of sp³-hybridized carbons (Fsp3) is 1.00. The Morgan fingerprint density at radius 2 is 1.80 bits per heavy atom. The highest BCUT2D eigenvalue weighted by Crippen LogP contribution is 2.21. The van der Waals surface area contributed by atoms with Gasteiger partial charge >= 0.3 is 0 Å². The molecule has 0 unspecified atom stereocenters. The van der Waals surface area contributed by atoms with E-state index in [0.29, 0.717) is 6.42 Å². The molecule has 2 heteroatoms. The largest absolute Gasteiger partial charge is 0.393 e. The number of hydrogen-bond acceptors (Lipinski definition) is 2. The second-order valence-electron chi connectivity index (χ2n) is 4.09. The van der Waals surface area contributed by atoms with E-state index in [2.05, 4.69) is 0 Å². The molecule has 0 rings (SSSR count). The van der Waals surface area contributed by atoms with Crippen LogP contribution in [-0.4, -0.2) is 17.3 Å². The Bertz CT molecular complexity index is 93.9. The van der Waals surface area contributed by atoms with Gasteiger partial charge in [0.05, 0.1) is 6.10 Å². The van der Waals surface area contributed by atoms with Crippen LogP contribution in [-0.2, 0) is 0 Å². The summed E-state index contributed by atoms with van der Waals surface area (Å²) in [6.45, 7) is 7.95. The van der Waals surface area contributed by atoms with E-state index in [0.717, 1.165) is 0 Å². The van der Waals surface area contributed by atoms with Crippen LogP contribution in [0.3, 0.4) is 0 Å². The van der Waals surface area contributed by atoms with Crippen molar-refractivity contribution < 1.29 is 5.11 Å². The van der Waals surface area contributed by atoms with Gasteiger partial charge in [0.25, 0.3) is 0 Å². The second-order valence-corrected chi connectivity index (χ2v) is 4.09. The fourth-order valence-electron chi connectivity index (χ4n) is 0.706. The average molecular weight is 145 g/mol. The zero-order valence-electron chi connectivity index (χ0n) is 7.39. The number of aliphatic hydroxyl groups is 1. The first kappa shape index (κ1) is 9.92. The molecule has 0 amide bonds. The first-order chi connectivity index (χ1) is 4.34. The predicted octanol–water partition coefficient (Wildman–Crippen LogP) is 1.13. The molecule has 3 N–H and O–H groups in total. The second kappa shape index (κ2) is 3.35. The molecular weight excluding hydrogens is 126 g/mol. The third-order valence-corrected chi connectivity index (χ3v) is 1.59. The van der Waals surface area contributed by atoms with Crippen LogP contribution in [0.15, 0.2) is 0 Å². The van der Waals surface area contributed by atoms with Crippen molar-refractivity contribution in [3.05, 3.63) is 0 Å². The SMILES string of the molecule is C[C@@H](N)C[C@H](O)C(C)(C)C. The third-order valence-electron chi connectivity index (χ3n) is 1.59. The van der Waals surface area contributed by atoms with Crippen LogP contribution < -0.4 is 5.73 Å². The molecule has 0 radical (unpaired) electrons. The third kappa shape index (κ3) is 3.85. The van der Waals surface area contributed by atoms with Crippen LogP contribution in [0.5, 0.6) is 0 Å². The fourth-order valence-corrected chi connectivity index (χ4v) is 0.706. The highest BCUT2D eigenvalue weighted by atomic mass is 16.3. The highest BCUT2D eigenvalue weighted by molar-refractivity contribution is 4.75. The van der Waals surface area contributed by atoms with Gasteiger partial charge in [-0.05, 0) is 18.8 Å². The van der Waals surface area contributed by atoms with Gasteiger partial charge in [-0.25, -0.2) is 0 Å². The van der Waals surface area contributed by atoms with Gasteiger partial charge in [0.1, 0.15) is 0 Å². The van der Waals surface area contributed by atoms with Gasteiger partial charge in [0.2, 0.25) is 0 Å². The maximum Gasteiger partial charge on any atom is 0.0603 e. The first-order valence-corrected chi connectivity index (χ1v) is 3.77.